The Labute approximate surface area is 196 Å². The van der Waals surface area contributed by atoms with Crippen LogP contribution in [-0.4, -0.2) is 32.9 Å². The molecule has 0 aliphatic heterocycles. The summed E-state index contributed by atoms with van der Waals surface area (Å²) in [5, 5.41) is 35.5. The van der Waals surface area contributed by atoms with Gasteiger partial charge in [-0.2, -0.15) is 0 Å². The summed E-state index contributed by atoms with van der Waals surface area (Å²) in [4.78, 5) is 14.7. The Balaban J connectivity index is 1.87. The Morgan fingerprint density at radius 1 is 1.19 bits per heavy atom. The zero-order valence-corrected chi connectivity index (χ0v) is 20.0. The quantitative estimate of drug-likeness (QED) is 0.213. The molecule has 9 heteroatoms. The van der Waals surface area contributed by atoms with Crippen LogP contribution in [0.4, 0.5) is 5.69 Å². The molecule has 0 fully saturated rings. The minimum absolute atomic E-state index is 0.140. The summed E-state index contributed by atoms with van der Waals surface area (Å²) in [6.45, 7) is 4.27. The van der Waals surface area contributed by atoms with Crippen LogP contribution in [-0.2, 0) is 23.4 Å². The number of nitrogens with zero attached hydrogens (tertiary/aromatic N) is 1. The number of thiophene rings is 1. The molecule has 0 radical (unpaired) electrons. The van der Waals surface area contributed by atoms with Gasteiger partial charge in [0.15, 0.2) is 11.8 Å². The van der Waals surface area contributed by atoms with Gasteiger partial charge >= 0.3 is 0 Å². The summed E-state index contributed by atoms with van der Waals surface area (Å²) in [5.74, 6) is 0.214. The van der Waals surface area contributed by atoms with E-state index in [9.17, 15) is 20.2 Å². The Morgan fingerprint density at radius 3 is 2.53 bits per heavy atom. The van der Waals surface area contributed by atoms with Gasteiger partial charge in [-0.25, -0.2) is 0 Å². The van der Waals surface area contributed by atoms with Crippen LogP contribution in [0.25, 0.3) is 0 Å². The fraction of sp³-hybridized carbons (Fsp3) is 0.348. The number of hydrogen-bond donors (Lipinski definition) is 5. The molecule has 0 bridgehead atoms. The lowest BCUT2D eigenvalue weighted by molar-refractivity contribution is -0.124. The molecule has 0 spiro atoms. The van der Waals surface area contributed by atoms with E-state index < -0.39 is 6.04 Å². The zero-order valence-electron chi connectivity index (χ0n) is 18.3. The molecule has 0 saturated heterocycles. The van der Waals surface area contributed by atoms with E-state index in [1.165, 1.54) is 29.4 Å². The first-order chi connectivity index (χ1) is 15.3. The van der Waals surface area contributed by atoms with Gasteiger partial charge in [0.25, 0.3) is 0 Å². The molecule has 7 nitrogen and oxygen atoms in total. The lowest BCUT2D eigenvalue weighted by Gasteiger charge is -2.19. The monoisotopic (exact) mass is 475 g/mol. The number of carbonyl (C=O) groups excluding carboxylic acids is 1. The molecular weight excluding hydrogens is 446 g/mol. The highest BCUT2D eigenvalue weighted by Crippen LogP contribution is 2.42. The fourth-order valence-corrected chi connectivity index (χ4v) is 6.05. The van der Waals surface area contributed by atoms with Crippen LogP contribution in [0, 0.1) is 5.92 Å². The van der Waals surface area contributed by atoms with Crippen molar-refractivity contribution < 1.29 is 20.2 Å². The van der Waals surface area contributed by atoms with Crippen LogP contribution in [0.1, 0.15) is 35.9 Å². The molecule has 32 heavy (non-hydrogen) atoms. The fourth-order valence-electron chi connectivity index (χ4n) is 3.56. The lowest BCUT2D eigenvalue weighted by atomic mass is 10.1. The molecule has 1 amide bonds. The first-order valence-corrected chi connectivity index (χ1v) is 12.2. The molecular formula is C23H29N3O4S2. The number of carbonyl (C=O) groups is 1. The van der Waals surface area contributed by atoms with Gasteiger partial charge in [-0.05, 0) is 17.9 Å². The standard InChI is InChI=1S/C23H29N3O4S2/c1-14(2)9-19-21(17(25-30)13-31-19)32-12-16-11-20(27)26(23(16)29)18(22(28)24-3)10-15-7-5-4-6-8-15/h4-8,11,13-14,18,25,27,29-30H,9-10,12H2,1-3H3,(H,24,28)/t18-/m0/s1. The second-order valence-corrected chi connectivity index (χ2v) is 9.89. The Morgan fingerprint density at radius 2 is 1.91 bits per heavy atom. The summed E-state index contributed by atoms with van der Waals surface area (Å²) in [6, 6.07) is 10.2. The third kappa shape index (κ3) is 5.40. The van der Waals surface area contributed by atoms with Crippen molar-refractivity contribution in [2.24, 2.45) is 5.92 Å². The van der Waals surface area contributed by atoms with Crippen molar-refractivity contribution in [3.05, 3.63) is 57.8 Å². The Hall–Kier alpha value is -2.62. The van der Waals surface area contributed by atoms with Crippen LogP contribution < -0.4 is 10.8 Å². The van der Waals surface area contributed by atoms with Gasteiger partial charge in [-0.15, -0.1) is 23.1 Å². The molecule has 0 saturated carbocycles. The van der Waals surface area contributed by atoms with Crippen LogP contribution in [0.15, 0.2) is 46.7 Å². The van der Waals surface area contributed by atoms with Crippen LogP contribution in [0.2, 0.25) is 0 Å². The Kier molecular flexibility index (Phi) is 8.11. The minimum atomic E-state index is -0.798. The zero-order chi connectivity index (χ0) is 23.3. The van der Waals surface area contributed by atoms with E-state index in [4.69, 9.17) is 0 Å². The summed E-state index contributed by atoms with van der Waals surface area (Å²) in [7, 11) is 1.53. The van der Waals surface area contributed by atoms with Crippen molar-refractivity contribution in [3.63, 3.8) is 0 Å². The number of rotatable bonds is 10. The van der Waals surface area contributed by atoms with Gasteiger partial charge in [-0.3, -0.25) is 20.0 Å². The number of aromatic hydroxyl groups is 2. The molecule has 1 atom stereocenters. The van der Waals surface area contributed by atoms with E-state index in [2.05, 4.69) is 24.6 Å². The first kappa shape index (κ1) is 24.0. The van der Waals surface area contributed by atoms with Gasteiger partial charge in [0.2, 0.25) is 5.91 Å². The maximum absolute atomic E-state index is 12.6. The molecule has 2 aromatic heterocycles. The number of aromatic nitrogens is 1. The highest BCUT2D eigenvalue weighted by molar-refractivity contribution is 7.98. The van der Waals surface area contributed by atoms with Gasteiger partial charge in [0.1, 0.15) is 6.04 Å². The van der Waals surface area contributed by atoms with E-state index in [-0.39, 0.29) is 17.7 Å². The van der Waals surface area contributed by atoms with E-state index in [0.717, 1.165) is 21.8 Å². The summed E-state index contributed by atoms with van der Waals surface area (Å²) < 4.78 is 1.27. The first-order valence-electron chi connectivity index (χ1n) is 10.4. The lowest BCUT2D eigenvalue weighted by Crippen LogP contribution is -2.31. The summed E-state index contributed by atoms with van der Waals surface area (Å²) in [6.07, 6.45) is 1.20. The molecule has 172 valence electrons. The maximum atomic E-state index is 12.6. The summed E-state index contributed by atoms with van der Waals surface area (Å²) >= 11 is 3.05. The largest absolute Gasteiger partial charge is 0.494 e. The van der Waals surface area contributed by atoms with Crippen molar-refractivity contribution in [1.82, 2.24) is 9.88 Å². The van der Waals surface area contributed by atoms with Crippen LogP contribution in [0.3, 0.4) is 0 Å². The number of hydrogen-bond acceptors (Lipinski definition) is 7. The third-order valence-electron chi connectivity index (χ3n) is 5.10. The van der Waals surface area contributed by atoms with Crippen LogP contribution >= 0.6 is 23.1 Å². The van der Waals surface area contributed by atoms with Crippen molar-refractivity contribution in [1.29, 1.82) is 0 Å². The van der Waals surface area contributed by atoms with E-state index in [1.807, 2.05) is 35.7 Å². The number of benzene rings is 1. The number of amides is 1. The molecule has 1 aromatic carbocycles. The Bertz CT molecular complexity index is 1050. The van der Waals surface area contributed by atoms with Gasteiger partial charge < -0.3 is 15.5 Å². The highest BCUT2D eigenvalue weighted by Gasteiger charge is 2.27. The average Bonchev–Trinajstić information content (AvgIpc) is 3.29. The van der Waals surface area contributed by atoms with Crippen molar-refractivity contribution in [2.75, 3.05) is 12.5 Å². The molecule has 3 aromatic rings. The number of likely N-dealkylation sites (N-methyl/N-ethyl adjacent to an activating group) is 1. The average molecular weight is 476 g/mol. The molecule has 0 unspecified atom stereocenters. The minimum Gasteiger partial charge on any atom is -0.494 e. The molecule has 5 N–H and O–H groups in total. The number of anilines is 1. The smallest absolute Gasteiger partial charge is 0.243 e. The molecule has 2 heterocycles. The second-order valence-electron chi connectivity index (χ2n) is 7.94. The van der Waals surface area contributed by atoms with Gasteiger partial charge in [0, 0.05) is 46.0 Å². The van der Waals surface area contributed by atoms with E-state index >= 15 is 0 Å². The van der Waals surface area contributed by atoms with Crippen molar-refractivity contribution in [2.45, 2.75) is 43.4 Å². The highest BCUT2D eigenvalue weighted by atomic mass is 32.2. The maximum Gasteiger partial charge on any atom is 0.243 e. The van der Waals surface area contributed by atoms with Gasteiger partial charge in [-0.1, -0.05) is 44.2 Å². The normalized spacial score (nSPS) is 12.2. The second kappa shape index (κ2) is 10.8. The predicted octanol–water partition coefficient (Wildman–Crippen LogP) is 4.78. The van der Waals surface area contributed by atoms with E-state index in [1.54, 1.807) is 11.3 Å². The van der Waals surface area contributed by atoms with E-state index in [0.29, 0.717) is 29.3 Å². The number of thioether (sulfide) groups is 1. The molecule has 0 aliphatic rings. The van der Waals surface area contributed by atoms with Crippen LogP contribution in [0.5, 0.6) is 11.8 Å². The SMILES string of the molecule is CNC(=O)[C@H](Cc1ccccc1)n1c(O)cc(CSc2c(NO)csc2CC(C)C)c1O. The van der Waals surface area contributed by atoms with Crippen molar-refractivity contribution in [3.8, 4) is 11.8 Å². The third-order valence-corrected chi connectivity index (χ3v) is 7.45. The summed E-state index contributed by atoms with van der Waals surface area (Å²) in [5.41, 5.74) is 4.31. The molecule has 3 rings (SSSR count). The van der Waals surface area contributed by atoms with Gasteiger partial charge in [0.05, 0.1) is 5.69 Å². The molecule has 0 aliphatic carbocycles. The predicted molar refractivity (Wildman–Crippen MR) is 129 cm³/mol. The topological polar surface area (TPSA) is 107 Å². The number of nitrogens with one attached hydrogen (secondary N) is 2. The van der Waals surface area contributed by atoms with Crippen molar-refractivity contribution >= 4 is 34.7 Å².